The fourth-order valence-corrected chi connectivity index (χ4v) is 1.64. The summed E-state index contributed by atoms with van der Waals surface area (Å²) in [6.07, 6.45) is 2.17. The summed E-state index contributed by atoms with van der Waals surface area (Å²) < 4.78 is 57.4. The highest BCUT2D eigenvalue weighted by Gasteiger charge is 2.00. The lowest BCUT2D eigenvalue weighted by atomic mass is 10.2. The van der Waals surface area contributed by atoms with Gasteiger partial charge in [-0.3, -0.25) is 0 Å². The Morgan fingerprint density at radius 3 is 2.31 bits per heavy atom. The predicted molar refractivity (Wildman–Crippen MR) is 111 cm³/mol. The number of alkyl halides is 2. The minimum absolute atomic E-state index is 0.0883. The summed E-state index contributed by atoms with van der Waals surface area (Å²) in [6, 6.07) is 6.91. The molecule has 0 N–H and O–H groups in total. The van der Waals surface area contributed by atoms with E-state index in [-0.39, 0.29) is 18.8 Å². The van der Waals surface area contributed by atoms with Crippen molar-refractivity contribution >= 4 is 0 Å². The van der Waals surface area contributed by atoms with Gasteiger partial charge in [-0.25, -0.2) is 0 Å². The Labute approximate surface area is 171 Å². The Morgan fingerprint density at radius 2 is 1.72 bits per heavy atom. The van der Waals surface area contributed by atoms with Gasteiger partial charge in [0.1, 0.15) is 5.75 Å². The van der Waals surface area contributed by atoms with E-state index in [0.29, 0.717) is 16.9 Å². The smallest absolute Gasteiger partial charge is 0.387 e. The normalized spacial score (nSPS) is 10.4. The predicted octanol–water partition coefficient (Wildman–Crippen LogP) is 7.73. The van der Waals surface area contributed by atoms with Crippen LogP contribution in [0, 0.1) is 11.8 Å². The van der Waals surface area contributed by atoms with Crippen LogP contribution >= 0.6 is 0 Å². The highest BCUT2D eigenvalue weighted by molar-refractivity contribution is 5.44. The van der Waals surface area contributed by atoms with Gasteiger partial charge in [0.2, 0.25) is 0 Å². The average Bonchev–Trinajstić information content (AvgIpc) is 2.71. The first-order chi connectivity index (χ1) is 13.9. The van der Waals surface area contributed by atoms with Crippen molar-refractivity contribution in [2.45, 2.75) is 54.6 Å². The second kappa shape index (κ2) is 18.7. The lowest BCUT2D eigenvalue weighted by molar-refractivity contribution is -0.0953. The molecule has 0 aromatic heterocycles. The topological polar surface area (TPSA) is 18.5 Å². The first-order valence-corrected chi connectivity index (χ1v) is 9.43. The van der Waals surface area contributed by atoms with Crippen molar-refractivity contribution in [3.63, 3.8) is 0 Å². The third kappa shape index (κ3) is 17.2. The monoisotopic (exact) mass is 414 g/mol. The van der Waals surface area contributed by atoms with Crippen molar-refractivity contribution in [1.29, 1.82) is 0 Å². The molecule has 0 fully saturated rings. The van der Waals surface area contributed by atoms with Crippen LogP contribution in [-0.4, -0.2) is 13.2 Å². The number of rotatable bonds is 7. The number of hydrogen-bond donors (Lipinski definition) is 0. The molecule has 0 amide bonds. The molecular formula is C23H30F4O2. The molecule has 0 aliphatic heterocycles. The lowest BCUT2D eigenvalue weighted by Gasteiger charge is -2.04. The van der Waals surface area contributed by atoms with Gasteiger partial charge < -0.3 is 9.47 Å². The largest absolute Gasteiger partial charge is 0.493 e. The zero-order valence-electron chi connectivity index (χ0n) is 17.9. The molecule has 0 saturated carbocycles. The molecule has 1 aromatic rings. The zero-order valence-corrected chi connectivity index (χ0v) is 17.9. The fourth-order valence-electron chi connectivity index (χ4n) is 1.64. The van der Waals surface area contributed by atoms with Gasteiger partial charge in [-0.2, -0.15) is 17.6 Å². The van der Waals surface area contributed by atoms with Crippen molar-refractivity contribution in [3.8, 4) is 17.6 Å². The standard InChI is InChI=1S/C19H18F4O2.2C2H6/c1-14(8-10-15(2)25-19(22)23)9-11-16-5-3-6-17(13-16)24-12-4-7-18(20)21;2*1-2/h3,5-8,10,13,19H,4,12H2,1-2H3;2*1-2H3/b14-8+,15-10+;;. The lowest BCUT2D eigenvalue weighted by Crippen LogP contribution is -1.95. The van der Waals surface area contributed by atoms with Gasteiger partial charge >= 0.3 is 6.61 Å². The highest BCUT2D eigenvalue weighted by atomic mass is 19.3. The van der Waals surface area contributed by atoms with Crippen molar-refractivity contribution in [2.75, 3.05) is 6.61 Å². The minimum Gasteiger partial charge on any atom is -0.493 e. The quantitative estimate of drug-likeness (QED) is 0.149. The molecule has 0 saturated heterocycles. The minimum atomic E-state index is -2.85. The molecule has 0 bridgehead atoms. The maximum Gasteiger partial charge on any atom is 0.387 e. The Bertz CT molecular complexity index is 707. The van der Waals surface area contributed by atoms with Crippen LogP contribution in [0.25, 0.3) is 0 Å². The van der Waals surface area contributed by atoms with Gasteiger partial charge in [0, 0.05) is 12.0 Å². The van der Waals surface area contributed by atoms with Crippen molar-refractivity contribution in [3.05, 3.63) is 65.5 Å². The van der Waals surface area contributed by atoms with E-state index < -0.39 is 12.7 Å². The third-order valence-electron chi connectivity index (χ3n) is 2.77. The van der Waals surface area contributed by atoms with E-state index in [4.69, 9.17) is 4.74 Å². The van der Waals surface area contributed by atoms with Crippen LogP contribution in [0.4, 0.5) is 17.6 Å². The van der Waals surface area contributed by atoms with E-state index in [1.165, 1.54) is 13.0 Å². The SMILES string of the molecule is C/C(C#Cc1cccc(OCCC=C(F)F)c1)=C\C=C(/C)OC(F)F.CC.CC. The van der Waals surface area contributed by atoms with E-state index in [1.54, 1.807) is 37.3 Å². The summed E-state index contributed by atoms with van der Waals surface area (Å²) in [4.78, 5) is 0. The molecule has 1 aromatic carbocycles. The van der Waals surface area contributed by atoms with Gasteiger partial charge in [0.25, 0.3) is 6.08 Å². The van der Waals surface area contributed by atoms with Gasteiger partial charge in [0.05, 0.1) is 12.4 Å². The van der Waals surface area contributed by atoms with E-state index in [0.717, 1.165) is 6.08 Å². The molecule has 6 heteroatoms. The summed E-state index contributed by atoms with van der Waals surface area (Å²) in [5.41, 5.74) is 1.34. The van der Waals surface area contributed by atoms with E-state index in [2.05, 4.69) is 16.6 Å². The van der Waals surface area contributed by atoms with Gasteiger partial charge in [-0.05, 0) is 55.8 Å². The first-order valence-electron chi connectivity index (χ1n) is 9.43. The number of allylic oxidation sites excluding steroid dienone is 4. The second-order valence-corrected chi connectivity index (χ2v) is 4.91. The number of ether oxygens (including phenoxy) is 2. The fraction of sp³-hybridized carbons (Fsp3) is 0.391. The molecule has 0 atom stereocenters. The Kier molecular flexibility index (Phi) is 18.4. The van der Waals surface area contributed by atoms with Gasteiger partial charge in [0.15, 0.2) is 0 Å². The summed E-state index contributed by atoms with van der Waals surface area (Å²) in [7, 11) is 0. The van der Waals surface area contributed by atoms with Crippen LogP contribution < -0.4 is 4.74 Å². The highest BCUT2D eigenvalue weighted by Crippen LogP contribution is 2.13. The van der Waals surface area contributed by atoms with Crippen LogP contribution in [0.2, 0.25) is 0 Å². The number of benzene rings is 1. The van der Waals surface area contributed by atoms with Crippen molar-refractivity contribution in [2.24, 2.45) is 0 Å². The van der Waals surface area contributed by atoms with E-state index >= 15 is 0 Å². The van der Waals surface area contributed by atoms with Gasteiger partial charge in [-0.15, -0.1) is 0 Å². The molecular weight excluding hydrogens is 384 g/mol. The van der Waals surface area contributed by atoms with Crippen LogP contribution in [-0.2, 0) is 4.74 Å². The Morgan fingerprint density at radius 1 is 1.07 bits per heavy atom. The van der Waals surface area contributed by atoms with Crippen LogP contribution in [0.5, 0.6) is 5.75 Å². The van der Waals surface area contributed by atoms with Crippen LogP contribution in [0.1, 0.15) is 53.5 Å². The zero-order chi connectivity index (χ0) is 22.7. The van der Waals surface area contributed by atoms with Crippen molar-refractivity contribution < 1.29 is 27.0 Å². The average molecular weight is 414 g/mol. The molecule has 0 heterocycles. The molecule has 0 spiro atoms. The number of hydrogen-bond acceptors (Lipinski definition) is 2. The molecule has 2 nitrogen and oxygen atoms in total. The summed E-state index contributed by atoms with van der Waals surface area (Å²) in [5.74, 6) is 6.40. The van der Waals surface area contributed by atoms with Crippen LogP contribution in [0.3, 0.4) is 0 Å². The summed E-state index contributed by atoms with van der Waals surface area (Å²) in [5, 5.41) is 0. The second-order valence-electron chi connectivity index (χ2n) is 4.91. The maximum absolute atomic E-state index is 12.0. The Hall–Kier alpha value is -2.68. The Balaban J connectivity index is 0. The molecule has 162 valence electrons. The first kappa shape index (κ1) is 28.5. The summed E-state index contributed by atoms with van der Waals surface area (Å²) in [6.45, 7) is 8.45. The summed E-state index contributed by atoms with van der Waals surface area (Å²) >= 11 is 0. The molecule has 0 radical (unpaired) electrons. The molecule has 0 unspecified atom stereocenters. The van der Waals surface area contributed by atoms with Gasteiger partial charge in [-0.1, -0.05) is 45.6 Å². The molecule has 0 aliphatic carbocycles. The number of halogens is 4. The molecule has 1 rings (SSSR count). The molecule has 29 heavy (non-hydrogen) atoms. The van der Waals surface area contributed by atoms with Crippen molar-refractivity contribution in [1.82, 2.24) is 0 Å². The van der Waals surface area contributed by atoms with Crippen LogP contribution in [0.15, 0.2) is 59.9 Å². The maximum atomic E-state index is 12.0. The van der Waals surface area contributed by atoms with E-state index in [1.807, 2.05) is 27.7 Å². The third-order valence-corrected chi connectivity index (χ3v) is 2.77. The molecule has 0 aliphatic rings. The van der Waals surface area contributed by atoms with E-state index in [9.17, 15) is 17.6 Å².